The Kier molecular flexibility index (Phi) is 2.23. The van der Waals surface area contributed by atoms with Crippen LogP contribution in [0.2, 0.25) is 0 Å². The van der Waals surface area contributed by atoms with Crippen molar-refractivity contribution in [2.45, 2.75) is 25.4 Å². The van der Waals surface area contributed by atoms with Gasteiger partial charge in [0, 0.05) is 6.51 Å². The largest absolute Gasteiger partial charge is 0.503 e. The monoisotopic (exact) mass is 153 g/mol. The fourth-order valence-electron chi connectivity index (χ4n) is 0.783. The summed E-state index contributed by atoms with van der Waals surface area (Å²) in [6, 6.07) is 0. The predicted octanol–water partition coefficient (Wildman–Crippen LogP) is 1.94. The summed E-state index contributed by atoms with van der Waals surface area (Å²) in [4.78, 5) is 0. The number of hydrogen-bond donors (Lipinski definition) is 0. The van der Waals surface area contributed by atoms with Gasteiger partial charge in [0.25, 0.3) is 0 Å². The maximum atomic E-state index is 11.5. The molecule has 0 amide bonds. The van der Waals surface area contributed by atoms with Crippen LogP contribution in [0.3, 0.4) is 0 Å². The normalized spacial score (nSPS) is 20.7. The molecule has 0 aromatic heterocycles. The molecular formula is C5H9BF3O-. The van der Waals surface area contributed by atoms with Gasteiger partial charge in [0.1, 0.15) is 0 Å². The molecule has 0 saturated heterocycles. The fraction of sp³-hybridized carbons (Fsp3) is 1.00. The molecule has 1 rings (SSSR count). The van der Waals surface area contributed by atoms with E-state index in [1.807, 2.05) is 0 Å². The minimum atomic E-state index is -4.73. The third-order valence-corrected chi connectivity index (χ3v) is 1.57. The predicted molar refractivity (Wildman–Crippen MR) is 32.7 cm³/mol. The van der Waals surface area contributed by atoms with Crippen LogP contribution in [-0.4, -0.2) is 19.6 Å². The number of ether oxygens (including phenoxy) is 1. The quantitative estimate of drug-likeness (QED) is 0.563. The summed E-state index contributed by atoms with van der Waals surface area (Å²) in [7, 11) is 0. The van der Waals surface area contributed by atoms with E-state index in [0.29, 0.717) is 0 Å². The van der Waals surface area contributed by atoms with E-state index in [1.54, 1.807) is 0 Å². The average Bonchev–Trinajstić information content (AvgIpc) is 1.56. The zero-order valence-electron chi connectivity index (χ0n) is 5.53. The number of halogens is 3. The van der Waals surface area contributed by atoms with Crippen molar-refractivity contribution in [3.63, 3.8) is 0 Å². The highest BCUT2D eigenvalue weighted by atomic mass is 19.4. The first-order valence-electron chi connectivity index (χ1n) is 3.40. The first-order chi connectivity index (χ1) is 4.58. The van der Waals surface area contributed by atoms with Crippen LogP contribution in [0.1, 0.15) is 19.3 Å². The summed E-state index contributed by atoms with van der Waals surface area (Å²) in [6.45, 7) is -5.75. The van der Waals surface area contributed by atoms with Gasteiger partial charge in [0.05, 0.1) is 6.10 Å². The molecule has 60 valence electrons. The van der Waals surface area contributed by atoms with Gasteiger partial charge in [-0.15, -0.1) is 0 Å². The Balaban J connectivity index is 2.04. The summed E-state index contributed by atoms with van der Waals surface area (Å²) in [6.07, 6.45) is 2.50. The highest BCUT2D eigenvalue weighted by Crippen LogP contribution is 2.23. The SMILES string of the molecule is F[B-](F)(F)COC1CCC1. The average molecular weight is 153 g/mol. The first kappa shape index (κ1) is 7.92. The molecule has 1 nitrogen and oxygen atoms in total. The van der Waals surface area contributed by atoms with E-state index in [2.05, 4.69) is 4.74 Å². The molecule has 0 bridgehead atoms. The number of rotatable bonds is 3. The Hall–Kier alpha value is -0.185. The maximum absolute atomic E-state index is 11.5. The van der Waals surface area contributed by atoms with Crippen LogP contribution >= 0.6 is 0 Å². The van der Waals surface area contributed by atoms with Crippen molar-refractivity contribution < 1.29 is 17.7 Å². The van der Waals surface area contributed by atoms with Crippen molar-refractivity contribution in [3.05, 3.63) is 0 Å². The molecule has 1 aliphatic carbocycles. The van der Waals surface area contributed by atoms with Crippen molar-refractivity contribution in [2.24, 2.45) is 0 Å². The Labute approximate surface area is 57.6 Å². The van der Waals surface area contributed by atoms with E-state index in [0.717, 1.165) is 19.3 Å². The van der Waals surface area contributed by atoms with Gasteiger partial charge < -0.3 is 17.7 Å². The standard InChI is InChI=1S/C5H9BF3O/c7-6(8,9)4-10-5-2-1-3-5/h5H,1-4H2/q-1. The van der Waals surface area contributed by atoms with Crippen LogP contribution in [0.4, 0.5) is 12.9 Å². The lowest BCUT2D eigenvalue weighted by molar-refractivity contribution is 0.0158. The van der Waals surface area contributed by atoms with Gasteiger partial charge in [-0.1, -0.05) is 0 Å². The van der Waals surface area contributed by atoms with Gasteiger partial charge in [-0.3, -0.25) is 0 Å². The summed E-state index contributed by atoms with van der Waals surface area (Å²) in [5.74, 6) is 0. The third-order valence-electron chi connectivity index (χ3n) is 1.57. The van der Waals surface area contributed by atoms with E-state index < -0.39 is 13.5 Å². The van der Waals surface area contributed by atoms with E-state index in [9.17, 15) is 12.9 Å². The summed E-state index contributed by atoms with van der Waals surface area (Å²) in [5, 5.41) is 0. The van der Waals surface area contributed by atoms with Crippen molar-refractivity contribution in [1.82, 2.24) is 0 Å². The molecule has 0 aromatic carbocycles. The summed E-state index contributed by atoms with van der Waals surface area (Å²) < 4.78 is 39.1. The van der Waals surface area contributed by atoms with Crippen LogP contribution in [0, 0.1) is 0 Å². The van der Waals surface area contributed by atoms with Crippen LogP contribution in [0.25, 0.3) is 0 Å². The third kappa shape index (κ3) is 2.60. The molecule has 0 radical (unpaired) electrons. The molecule has 0 N–H and O–H groups in total. The smallest absolute Gasteiger partial charge is 0.447 e. The van der Waals surface area contributed by atoms with Gasteiger partial charge in [-0.25, -0.2) is 0 Å². The lowest BCUT2D eigenvalue weighted by Crippen LogP contribution is -2.31. The second-order valence-corrected chi connectivity index (χ2v) is 2.60. The fourth-order valence-corrected chi connectivity index (χ4v) is 0.783. The molecule has 0 unspecified atom stereocenters. The van der Waals surface area contributed by atoms with Crippen molar-refractivity contribution >= 4 is 6.98 Å². The molecule has 0 spiro atoms. The topological polar surface area (TPSA) is 9.23 Å². The Morgan fingerprint density at radius 3 is 2.20 bits per heavy atom. The van der Waals surface area contributed by atoms with E-state index in [1.165, 1.54) is 0 Å². The molecule has 5 heteroatoms. The van der Waals surface area contributed by atoms with Crippen LogP contribution in [0.15, 0.2) is 0 Å². The van der Waals surface area contributed by atoms with E-state index >= 15 is 0 Å². The molecule has 1 saturated carbocycles. The molecule has 0 aromatic rings. The molecular weight excluding hydrogens is 144 g/mol. The van der Waals surface area contributed by atoms with Gasteiger partial charge >= 0.3 is 6.98 Å². The Morgan fingerprint density at radius 2 is 1.90 bits per heavy atom. The van der Waals surface area contributed by atoms with Crippen molar-refractivity contribution in [3.8, 4) is 0 Å². The molecule has 0 aliphatic heterocycles. The Bertz CT molecular complexity index is 110. The van der Waals surface area contributed by atoms with Crippen molar-refractivity contribution in [2.75, 3.05) is 6.51 Å². The Morgan fingerprint density at radius 1 is 1.30 bits per heavy atom. The van der Waals surface area contributed by atoms with Crippen LogP contribution in [0.5, 0.6) is 0 Å². The lowest BCUT2D eigenvalue weighted by Gasteiger charge is -2.28. The zero-order valence-corrected chi connectivity index (χ0v) is 5.53. The highest BCUT2D eigenvalue weighted by Gasteiger charge is 2.27. The first-order valence-corrected chi connectivity index (χ1v) is 3.40. The maximum Gasteiger partial charge on any atom is 0.503 e. The van der Waals surface area contributed by atoms with Crippen molar-refractivity contribution in [1.29, 1.82) is 0 Å². The number of hydrogen-bond acceptors (Lipinski definition) is 1. The van der Waals surface area contributed by atoms with E-state index in [-0.39, 0.29) is 6.10 Å². The zero-order chi connectivity index (χ0) is 7.61. The molecule has 0 atom stereocenters. The highest BCUT2D eigenvalue weighted by molar-refractivity contribution is 6.58. The molecule has 1 fully saturated rings. The van der Waals surface area contributed by atoms with Crippen LogP contribution in [-0.2, 0) is 4.74 Å². The minimum absolute atomic E-state index is 0.108. The molecule has 0 heterocycles. The van der Waals surface area contributed by atoms with Gasteiger partial charge in [0.15, 0.2) is 0 Å². The van der Waals surface area contributed by atoms with E-state index in [4.69, 9.17) is 0 Å². The summed E-state index contributed by atoms with van der Waals surface area (Å²) >= 11 is 0. The second-order valence-electron chi connectivity index (χ2n) is 2.60. The summed E-state index contributed by atoms with van der Waals surface area (Å²) in [5.41, 5.74) is 0. The van der Waals surface area contributed by atoms with Gasteiger partial charge in [-0.2, -0.15) is 0 Å². The molecule has 1 aliphatic rings. The minimum Gasteiger partial charge on any atom is -0.447 e. The molecule has 10 heavy (non-hydrogen) atoms. The van der Waals surface area contributed by atoms with Crippen LogP contribution < -0.4 is 0 Å². The second kappa shape index (κ2) is 2.82. The van der Waals surface area contributed by atoms with Gasteiger partial charge in [-0.05, 0) is 19.3 Å². The lowest BCUT2D eigenvalue weighted by atomic mass is 9.92. The van der Waals surface area contributed by atoms with Gasteiger partial charge in [0.2, 0.25) is 0 Å².